The van der Waals surface area contributed by atoms with Crippen molar-refractivity contribution in [2.24, 2.45) is 4.99 Å². The van der Waals surface area contributed by atoms with E-state index in [2.05, 4.69) is 46.1 Å². The molecule has 0 aliphatic carbocycles. The molecule has 0 spiro atoms. The van der Waals surface area contributed by atoms with Crippen LogP contribution in [0.15, 0.2) is 16.4 Å². The molecule has 0 bridgehead atoms. The summed E-state index contributed by atoms with van der Waals surface area (Å²) in [4.78, 5) is 6.23. The third-order valence-corrected chi connectivity index (χ3v) is 12.3. The molecule has 2 heterocycles. The molecular weight excluding hydrogens is 445 g/mol. The van der Waals surface area contributed by atoms with E-state index in [1.807, 2.05) is 11.3 Å². The summed E-state index contributed by atoms with van der Waals surface area (Å²) < 4.78 is 8.26. The van der Waals surface area contributed by atoms with Gasteiger partial charge in [-0.05, 0) is 0 Å². The van der Waals surface area contributed by atoms with Crippen LogP contribution in [-0.4, -0.2) is 39.2 Å². The van der Waals surface area contributed by atoms with Crippen molar-refractivity contribution in [2.45, 2.75) is 101 Å². The Kier molecular flexibility index (Phi) is 8.99. The summed E-state index contributed by atoms with van der Waals surface area (Å²) in [5, 5.41) is 2.27. The molecule has 0 saturated carbocycles. The Bertz CT molecular complexity index is 557. The Labute approximate surface area is 175 Å². The minimum atomic E-state index is -0.722. The molecule has 0 aromatic carbocycles. The van der Waals surface area contributed by atoms with Crippen LogP contribution in [0.2, 0.25) is 3.43 Å². The summed E-state index contributed by atoms with van der Waals surface area (Å²) in [5.74, 6) is 0.927. The molecule has 1 aromatic rings. The summed E-state index contributed by atoms with van der Waals surface area (Å²) in [7, 11) is 0. The molecule has 2 nitrogen and oxygen atoms in total. The summed E-state index contributed by atoms with van der Waals surface area (Å²) in [6.07, 6.45) is 12.4. The van der Waals surface area contributed by atoms with Crippen LogP contribution in [0.1, 0.15) is 97.3 Å². The SMILES string of the molecule is CCCC[C](CCCC)(CCCC)[Sn][c]1ccsc1C1=NC(C)(C)CO1. The van der Waals surface area contributed by atoms with Gasteiger partial charge in [0.15, 0.2) is 0 Å². The number of ether oxygens (including phenoxy) is 1. The van der Waals surface area contributed by atoms with E-state index in [1.54, 1.807) is 3.58 Å². The van der Waals surface area contributed by atoms with Crippen LogP contribution in [0, 0.1) is 0 Å². The second-order valence-corrected chi connectivity index (χ2v) is 14.6. The summed E-state index contributed by atoms with van der Waals surface area (Å²) in [6, 6.07) is 2.40. The molecule has 0 fully saturated rings. The third kappa shape index (κ3) is 6.25. The second kappa shape index (κ2) is 10.5. The van der Waals surface area contributed by atoms with E-state index >= 15 is 0 Å². The van der Waals surface area contributed by atoms with Crippen molar-refractivity contribution in [3.05, 3.63) is 16.3 Å². The first kappa shape index (κ1) is 22.3. The first-order valence-corrected chi connectivity index (χ1v) is 14.3. The van der Waals surface area contributed by atoms with Crippen LogP contribution in [0.3, 0.4) is 0 Å². The van der Waals surface area contributed by atoms with Gasteiger partial charge in [-0.15, -0.1) is 0 Å². The van der Waals surface area contributed by atoms with Crippen molar-refractivity contribution in [2.75, 3.05) is 6.61 Å². The van der Waals surface area contributed by atoms with Gasteiger partial charge in [-0.1, -0.05) is 0 Å². The Morgan fingerprint density at radius 1 is 1.08 bits per heavy atom. The van der Waals surface area contributed by atoms with Gasteiger partial charge in [0, 0.05) is 0 Å². The van der Waals surface area contributed by atoms with Crippen LogP contribution in [-0.2, 0) is 4.74 Å². The Morgan fingerprint density at radius 2 is 1.65 bits per heavy atom. The quantitative estimate of drug-likeness (QED) is 0.318. The van der Waals surface area contributed by atoms with E-state index in [0.717, 1.165) is 12.5 Å². The molecule has 2 radical (unpaired) electrons. The van der Waals surface area contributed by atoms with Gasteiger partial charge in [0.2, 0.25) is 0 Å². The fourth-order valence-electron chi connectivity index (χ4n) is 3.67. The first-order chi connectivity index (χ1) is 12.5. The van der Waals surface area contributed by atoms with E-state index in [4.69, 9.17) is 9.73 Å². The number of thiophene rings is 1. The molecular formula is C22H37NOSSn. The summed E-state index contributed by atoms with van der Waals surface area (Å²) in [6.45, 7) is 12.1. The number of rotatable bonds is 12. The summed E-state index contributed by atoms with van der Waals surface area (Å²) >= 11 is 1.12. The molecule has 2 rings (SSSR count). The fourth-order valence-corrected chi connectivity index (χ4v) is 10.9. The maximum atomic E-state index is 6.00. The molecule has 26 heavy (non-hydrogen) atoms. The molecule has 0 N–H and O–H groups in total. The molecule has 4 heteroatoms. The molecule has 0 unspecified atom stereocenters. The second-order valence-electron chi connectivity index (χ2n) is 8.40. The van der Waals surface area contributed by atoms with Crippen molar-refractivity contribution >= 4 is 42.0 Å². The van der Waals surface area contributed by atoms with E-state index < -0.39 is 21.1 Å². The van der Waals surface area contributed by atoms with Gasteiger partial charge >= 0.3 is 176 Å². The molecule has 0 saturated heterocycles. The third-order valence-electron chi connectivity index (χ3n) is 5.25. The monoisotopic (exact) mass is 483 g/mol. The number of hydrogen-bond donors (Lipinski definition) is 0. The van der Waals surface area contributed by atoms with Crippen molar-refractivity contribution in [3.63, 3.8) is 0 Å². The van der Waals surface area contributed by atoms with E-state index in [1.165, 1.54) is 62.7 Å². The molecule has 1 aliphatic rings. The fraction of sp³-hybridized carbons (Fsp3) is 0.773. The summed E-state index contributed by atoms with van der Waals surface area (Å²) in [5.41, 5.74) is -0.0641. The first-order valence-electron chi connectivity index (χ1n) is 10.5. The van der Waals surface area contributed by atoms with Crippen LogP contribution in [0.25, 0.3) is 0 Å². The number of unbranched alkanes of at least 4 members (excludes halogenated alkanes) is 3. The van der Waals surface area contributed by atoms with Crippen molar-refractivity contribution < 1.29 is 4.74 Å². The average Bonchev–Trinajstić information content (AvgIpc) is 3.21. The van der Waals surface area contributed by atoms with Gasteiger partial charge in [-0.3, -0.25) is 0 Å². The molecule has 0 amide bonds. The van der Waals surface area contributed by atoms with E-state index in [-0.39, 0.29) is 5.54 Å². The van der Waals surface area contributed by atoms with Crippen LogP contribution < -0.4 is 3.58 Å². The van der Waals surface area contributed by atoms with Crippen molar-refractivity contribution in [1.29, 1.82) is 0 Å². The predicted octanol–water partition coefficient (Wildman–Crippen LogP) is 6.36. The maximum absolute atomic E-state index is 6.00. The zero-order chi connectivity index (χ0) is 19.0. The van der Waals surface area contributed by atoms with Crippen LogP contribution in [0.4, 0.5) is 0 Å². The van der Waals surface area contributed by atoms with Crippen molar-refractivity contribution in [3.8, 4) is 0 Å². The molecule has 0 atom stereocenters. The van der Waals surface area contributed by atoms with E-state index in [0.29, 0.717) is 3.43 Å². The Morgan fingerprint density at radius 3 is 2.12 bits per heavy atom. The topological polar surface area (TPSA) is 21.6 Å². The van der Waals surface area contributed by atoms with Gasteiger partial charge < -0.3 is 0 Å². The van der Waals surface area contributed by atoms with E-state index in [9.17, 15) is 0 Å². The minimum absolute atomic E-state index is 0.0641. The standard InChI is InChI=1S/C13H27.C9H10NOS.Sn/c1-4-7-10-13(11-8-5-2)12-9-6-3;1-9(2)6-11-8(10-9)7-4-3-5-12-7;/h4-12H2,1-3H3;3,5H,6H2,1-2H3;. The molecule has 1 aromatic heterocycles. The predicted molar refractivity (Wildman–Crippen MR) is 118 cm³/mol. The van der Waals surface area contributed by atoms with Gasteiger partial charge in [0.25, 0.3) is 0 Å². The zero-order valence-electron chi connectivity index (χ0n) is 17.5. The Balaban J connectivity index is 2.25. The molecule has 146 valence electrons. The normalized spacial score (nSPS) is 16.6. The van der Waals surface area contributed by atoms with Gasteiger partial charge in [0.05, 0.1) is 0 Å². The van der Waals surface area contributed by atoms with Crippen LogP contribution >= 0.6 is 11.3 Å². The average molecular weight is 482 g/mol. The molecule has 1 aliphatic heterocycles. The zero-order valence-corrected chi connectivity index (χ0v) is 21.2. The van der Waals surface area contributed by atoms with Gasteiger partial charge in [-0.25, -0.2) is 0 Å². The Hall–Kier alpha value is -0.0313. The number of hydrogen-bond acceptors (Lipinski definition) is 3. The number of nitrogens with zero attached hydrogens (tertiary/aromatic N) is 1. The number of aliphatic imine (C=N–C) groups is 1. The van der Waals surface area contributed by atoms with Crippen LogP contribution in [0.5, 0.6) is 0 Å². The van der Waals surface area contributed by atoms with Gasteiger partial charge in [0.1, 0.15) is 0 Å². The van der Waals surface area contributed by atoms with Gasteiger partial charge in [-0.2, -0.15) is 0 Å². The van der Waals surface area contributed by atoms with Crippen molar-refractivity contribution in [1.82, 2.24) is 0 Å².